The minimum Gasteiger partial charge on any atom is -0.481 e. The number of carboxylic acid groups (broad SMARTS) is 1. The zero-order valence-electron chi connectivity index (χ0n) is 10.3. The maximum Gasteiger partial charge on any atom is 0.307 e. The van der Waals surface area contributed by atoms with Gasteiger partial charge < -0.3 is 5.11 Å². The lowest BCUT2D eigenvalue weighted by atomic mass is 9.70. The van der Waals surface area contributed by atoms with E-state index in [0.717, 1.165) is 12.8 Å². The van der Waals surface area contributed by atoms with Crippen molar-refractivity contribution in [3.8, 4) is 0 Å². The summed E-state index contributed by atoms with van der Waals surface area (Å²) in [6.07, 6.45) is 7.21. The van der Waals surface area contributed by atoms with E-state index < -0.39 is 5.97 Å². The minimum atomic E-state index is -0.602. The highest BCUT2D eigenvalue weighted by Crippen LogP contribution is 2.39. The topological polar surface area (TPSA) is 37.3 Å². The summed E-state index contributed by atoms with van der Waals surface area (Å²) in [6.45, 7) is 6.16. The third kappa shape index (κ3) is 3.51. The van der Waals surface area contributed by atoms with Crippen LogP contribution in [0.4, 0.5) is 0 Å². The molecule has 1 saturated carbocycles. The van der Waals surface area contributed by atoms with Crippen molar-refractivity contribution in [1.29, 1.82) is 0 Å². The van der Waals surface area contributed by atoms with Gasteiger partial charge in [-0.2, -0.15) is 0 Å². The first-order chi connectivity index (χ1) is 6.93. The van der Waals surface area contributed by atoms with Crippen molar-refractivity contribution in [3.05, 3.63) is 0 Å². The van der Waals surface area contributed by atoms with Crippen LogP contribution in [-0.4, -0.2) is 11.1 Å². The number of carbonyl (C=O) groups is 1. The highest BCUT2D eigenvalue weighted by atomic mass is 16.4. The second-order valence-corrected chi connectivity index (χ2v) is 5.93. The first-order valence-electron chi connectivity index (χ1n) is 6.15. The summed E-state index contributed by atoms with van der Waals surface area (Å²) in [4.78, 5) is 11.4. The molecule has 2 heteroatoms. The summed E-state index contributed by atoms with van der Waals surface area (Å²) in [5.41, 5.74) is -0.110. The van der Waals surface area contributed by atoms with E-state index in [9.17, 15) is 9.90 Å². The first kappa shape index (κ1) is 12.5. The summed E-state index contributed by atoms with van der Waals surface area (Å²) in [5, 5.41) is 9.35. The van der Waals surface area contributed by atoms with Crippen LogP contribution in [0.2, 0.25) is 0 Å². The molecule has 0 heterocycles. The zero-order chi connectivity index (χ0) is 11.5. The maximum atomic E-state index is 11.4. The Morgan fingerprint density at radius 2 is 1.60 bits per heavy atom. The molecule has 0 aromatic rings. The number of rotatable bonds is 2. The van der Waals surface area contributed by atoms with Gasteiger partial charge in [0.25, 0.3) is 0 Å². The van der Waals surface area contributed by atoms with E-state index in [1.54, 1.807) is 0 Å². The summed E-state index contributed by atoms with van der Waals surface area (Å²) >= 11 is 0. The van der Waals surface area contributed by atoms with Gasteiger partial charge in [0.15, 0.2) is 0 Å². The molecule has 1 aliphatic carbocycles. The van der Waals surface area contributed by atoms with Crippen LogP contribution in [-0.2, 0) is 4.79 Å². The number of hydrogen-bond acceptors (Lipinski definition) is 1. The van der Waals surface area contributed by atoms with Gasteiger partial charge in [-0.1, -0.05) is 46.5 Å². The number of hydrogen-bond donors (Lipinski definition) is 1. The monoisotopic (exact) mass is 212 g/mol. The Kier molecular flexibility index (Phi) is 4.18. The molecule has 1 aliphatic rings. The Balaban J connectivity index is 2.74. The molecule has 0 radical (unpaired) electrons. The molecule has 0 aliphatic heterocycles. The fourth-order valence-electron chi connectivity index (χ4n) is 2.92. The van der Waals surface area contributed by atoms with Crippen LogP contribution in [0.15, 0.2) is 0 Å². The van der Waals surface area contributed by atoms with Gasteiger partial charge in [0, 0.05) is 0 Å². The highest BCUT2D eigenvalue weighted by molar-refractivity contribution is 5.71. The normalized spacial score (nSPS) is 22.1. The van der Waals surface area contributed by atoms with Gasteiger partial charge in [-0.3, -0.25) is 4.79 Å². The van der Waals surface area contributed by atoms with Crippen LogP contribution in [0.3, 0.4) is 0 Å². The third-order valence-corrected chi connectivity index (χ3v) is 3.57. The molecular formula is C13H24O2. The van der Waals surface area contributed by atoms with Crippen LogP contribution in [0.5, 0.6) is 0 Å². The van der Waals surface area contributed by atoms with Crippen molar-refractivity contribution in [3.63, 3.8) is 0 Å². The van der Waals surface area contributed by atoms with E-state index in [-0.39, 0.29) is 11.3 Å². The molecule has 15 heavy (non-hydrogen) atoms. The van der Waals surface area contributed by atoms with E-state index in [1.807, 2.05) is 0 Å². The van der Waals surface area contributed by atoms with Crippen molar-refractivity contribution >= 4 is 5.97 Å². The second-order valence-electron chi connectivity index (χ2n) is 5.93. The van der Waals surface area contributed by atoms with Crippen molar-refractivity contribution in [2.45, 2.75) is 59.3 Å². The zero-order valence-corrected chi connectivity index (χ0v) is 10.3. The van der Waals surface area contributed by atoms with E-state index in [4.69, 9.17) is 0 Å². The molecule has 1 fully saturated rings. The summed E-state index contributed by atoms with van der Waals surface area (Å²) in [5.74, 6) is -0.380. The Morgan fingerprint density at radius 1 is 1.13 bits per heavy atom. The van der Waals surface area contributed by atoms with Gasteiger partial charge in [-0.15, -0.1) is 0 Å². The Bertz CT molecular complexity index is 207. The lowest BCUT2D eigenvalue weighted by Crippen LogP contribution is -2.35. The molecule has 1 N–H and O–H groups in total. The molecule has 1 unspecified atom stereocenters. The van der Waals surface area contributed by atoms with E-state index >= 15 is 0 Å². The quantitative estimate of drug-likeness (QED) is 0.708. The summed E-state index contributed by atoms with van der Waals surface area (Å²) in [6, 6.07) is 0. The molecular weight excluding hydrogens is 188 g/mol. The largest absolute Gasteiger partial charge is 0.481 e. The fraction of sp³-hybridized carbons (Fsp3) is 0.923. The Hall–Kier alpha value is -0.530. The highest BCUT2D eigenvalue weighted by Gasteiger charge is 2.37. The van der Waals surface area contributed by atoms with E-state index in [1.165, 1.54) is 25.7 Å². The van der Waals surface area contributed by atoms with Crippen LogP contribution in [0.25, 0.3) is 0 Å². The molecule has 0 aromatic heterocycles. The third-order valence-electron chi connectivity index (χ3n) is 3.57. The SMILES string of the molecule is CC(C)(C)C(C(=O)O)C1CCCCCC1. The second kappa shape index (κ2) is 5.00. The van der Waals surface area contributed by atoms with Crippen LogP contribution in [0.1, 0.15) is 59.3 Å². The van der Waals surface area contributed by atoms with Crippen molar-refractivity contribution in [2.24, 2.45) is 17.3 Å². The maximum absolute atomic E-state index is 11.4. The van der Waals surface area contributed by atoms with Crippen molar-refractivity contribution in [1.82, 2.24) is 0 Å². The molecule has 0 spiro atoms. The fourth-order valence-corrected chi connectivity index (χ4v) is 2.92. The number of aliphatic carboxylic acids is 1. The lowest BCUT2D eigenvalue weighted by molar-refractivity contribution is -0.148. The average molecular weight is 212 g/mol. The predicted molar refractivity (Wildman–Crippen MR) is 61.8 cm³/mol. The molecule has 1 rings (SSSR count). The van der Waals surface area contributed by atoms with Crippen LogP contribution < -0.4 is 0 Å². The van der Waals surface area contributed by atoms with Gasteiger partial charge in [-0.25, -0.2) is 0 Å². The number of carboxylic acids is 1. The standard InChI is InChI=1S/C13H24O2/c1-13(2,3)11(12(14)15)10-8-6-4-5-7-9-10/h10-11H,4-9H2,1-3H3,(H,14,15). The first-order valence-corrected chi connectivity index (χ1v) is 6.15. The molecule has 0 bridgehead atoms. The smallest absolute Gasteiger partial charge is 0.307 e. The van der Waals surface area contributed by atoms with Crippen molar-refractivity contribution < 1.29 is 9.90 Å². The molecule has 0 amide bonds. The molecule has 2 nitrogen and oxygen atoms in total. The molecule has 0 aromatic carbocycles. The van der Waals surface area contributed by atoms with Crippen molar-refractivity contribution in [2.75, 3.05) is 0 Å². The Morgan fingerprint density at radius 3 is 1.93 bits per heavy atom. The molecule has 1 atom stereocenters. The lowest BCUT2D eigenvalue weighted by Gasteiger charge is -2.33. The molecule has 0 saturated heterocycles. The van der Waals surface area contributed by atoms with E-state index in [2.05, 4.69) is 20.8 Å². The van der Waals surface area contributed by atoms with Gasteiger partial charge in [-0.05, 0) is 24.2 Å². The van der Waals surface area contributed by atoms with Crippen LogP contribution >= 0.6 is 0 Å². The van der Waals surface area contributed by atoms with Gasteiger partial charge >= 0.3 is 5.97 Å². The van der Waals surface area contributed by atoms with Gasteiger partial charge in [0.2, 0.25) is 0 Å². The predicted octanol–water partition coefficient (Wildman–Crippen LogP) is 3.70. The van der Waals surface area contributed by atoms with Gasteiger partial charge in [0.1, 0.15) is 0 Å². The van der Waals surface area contributed by atoms with Gasteiger partial charge in [0.05, 0.1) is 5.92 Å². The average Bonchev–Trinajstić information content (AvgIpc) is 2.29. The molecule has 88 valence electrons. The van der Waals surface area contributed by atoms with Crippen LogP contribution in [0, 0.1) is 17.3 Å². The van der Waals surface area contributed by atoms with E-state index in [0.29, 0.717) is 5.92 Å². The summed E-state index contributed by atoms with van der Waals surface area (Å²) in [7, 11) is 0. The summed E-state index contributed by atoms with van der Waals surface area (Å²) < 4.78 is 0. The minimum absolute atomic E-state index is 0.110. The Labute approximate surface area is 93.1 Å².